The minimum atomic E-state index is 0.686. The molecule has 0 spiro atoms. The quantitative estimate of drug-likeness (QED) is 0.687. The van der Waals surface area contributed by atoms with E-state index in [1.54, 1.807) is 0 Å². The second kappa shape index (κ2) is 7.94. The molecule has 0 saturated heterocycles. The summed E-state index contributed by atoms with van der Waals surface area (Å²) in [6, 6.07) is 9.50. The lowest BCUT2D eigenvalue weighted by molar-refractivity contribution is 0.199. The first-order valence-electron chi connectivity index (χ1n) is 7.96. The van der Waals surface area contributed by atoms with Crippen LogP contribution in [0.2, 0.25) is 0 Å². The van der Waals surface area contributed by atoms with E-state index in [1.807, 2.05) is 24.3 Å². The molecule has 0 N–H and O–H groups in total. The maximum Gasteiger partial charge on any atom is 0.119 e. The monoisotopic (exact) mass is 271 g/mol. The molecule has 2 heteroatoms. The Morgan fingerprint density at radius 3 is 2.50 bits per heavy atom. The number of hydrogen-bond acceptors (Lipinski definition) is 2. The fraction of sp³-hybridized carbons (Fsp3) is 0.611. The molecule has 0 radical (unpaired) electrons. The highest BCUT2D eigenvalue weighted by molar-refractivity contribution is 5.34. The average molecular weight is 271 g/mol. The van der Waals surface area contributed by atoms with Gasteiger partial charge >= 0.3 is 0 Å². The van der Waals surface area contributed by atoms with Gasteiger partial charge in [-0.15, -0.1) is 0 Å². The summed E-state index contributed by atoms with van der Waals surface area (Å²) in [6.07, 6.45) is 9.46. The number of nitriles is 1. The summed E-state index contributed by atoms with van der Waals surface area (Å²) in [5.74, 6) is 2.73. The molecular formula is C18H25NO. The van der Waals surface area contributed by atoms with Gasteiger partial charge in [-0.3, -0.25) is 0 Å². The lowest BCUT2D eigenvalue weighted by Gasteiger charge is -2.30. The van der Waals surface area contributed by atoms with Crippen LogP contribution in [0.1, 0.15) is 57.4 Å². The third-order valence-corrected chi connectivity index (χ3v) is 4.56. The molecule has 1 aromatic rings. The number of hydrogen-bond donors (Lipinski definition) is 0. The van der Waals surface area contributed by atoms with Gasteiger partial charge < -0.3 is 4.74 Å². The van der Waals surface area contributed by atoms with Crippen molar-refractivity contribution in [1.29, 1.82) is 5.26 Å². The van der Waals surface area contributed by atoms with Crippen molar-refractivity contribution in [2.75, 3.05) is 6.61 Å². The van der Waals surface area contributed by atoms with Crippen LogP contribution in [0.25, 0.3) is 0 Å². The van der Waals surface area contributed by atoms with Gasteiger partial charge in [0.05, 0.1) is 18.2 Å². The lowest BCUT2D eigenvalue weighted by atomic mass is 9.76. The van der Waals surface area contributed by atoms with Crippen LogP contribution >= 0.6 is 0 Å². The van der Waals surface area contributed by atoms with Crippen molar-refractivity contribution in [1.82, 2.24) is 0 Å². The molecule has 1 aliphatic rings. The minimum absolute atomic E-state index is 0.686. The largest absolute Gasteiger partial charge is 0.494 e. The topological polar surface area (TPSA) is 33.0 Å². The first-order valence-corrected chi connectivity index (χ1v) is 7.96. The molecule has 1 fully saturated rings. The first kappa shape index (κ1) is 14.9. The SMILES string of the molecule is CCC1CCCCC1CCCOc1ccc(C#N)cc1. The third kappa shape index (κ3) is 4.27. The fourth-order valence-electron chi connectivity index (χ4n) is 3.36. The smallest absolute Gasteiger partial charge is 0.119 e. The van der Waals surface area contributed by atoms with Gasteiger partial charge in [0.25, 0.3) is 0 Å². The van der Waals surface area contributed by atoms with Gasteiger partial charge in [-0.05, 0) is 48.9 Å². The average Bonchev–Trinajstić information content (AvgIpc) is 2.52. The molecule has 2 rings (SSSR count). The zero-order valence-corrected chi connectivity index (χ0v) is 12.5. The van der Waals surface area contributed by atoms with E-state index in [2.05, 4.69) is 13.0 Å². The Bertz CT molecular complexity index is 432. The summed E-state index contributed by atoms with van der Waals surface area (Å²) in [5.41, 5.74) is 0.686. The van der Waals surface area contributed by atoms with E-state index >= 15 is 0 Å². The zero-order valence-electron chi connectivity index (χ0n) is 12.5. The van der Waals surface area contributed by atoms with E-state index < -0.39 is 0 Å². The molecule has 1 aliphatic carbocycles. The molecule has 0 amide bonds. The lowest BCUT2D eigenvalue weighted by Crippen LogP contribution is -2.19. The molecule has 0 bridgehead atoms. The van der Waals surface area contributed by atoms with E-state index in [-0.39, 0.29) is 0 Å². The summed E-state index contributed by atoms with van der Waals surface area (Å²) < 4.78 is 5.76. The molecule has 0 aromatic heterocycles. The van der Waals surface area contributed by atoms with Crippen LogP contribution < -0.4 is 4.74 Å². The highest BCUT2D eigenvalue weighted by atomic mass is 16.5. The maximum atomic E-state index is 8.74. The minimum Gasteiger partial charge on any atom is -0.494 e. The number of benzene rings is 1. The summed E-state index contributed by atoms with van der Waals surface area (Å²) >= 11 is 0. The van der Waals surface area contributed by atoms with E-state index in [9.17, 15) is 0 Å². The van der Waals surface area contributed by atoms with E-state index in [0.29, 0.717) is 5.56 Å². The maximum absolute atomic E-state index is 8.74. The summed E-state index contributed by atoms with van der Waals surface area (Å²) in [7, 11) is 0. The van der Waals surface area contributed by atoms with Gasteiger partial charge in [-0.1, -0.05) is 39.0 Å². The highest BCUT2D eigenvalue weighted by Gasteiger charge is 2.22. The summed E-state index contributed by atoms with van der Waals surface area (Å²) in [4.78, 5) is 0. The van der Waals surface area contributed by atoms with Gasteiger partial charge in [-0.2, -0.15) is 5.26 Å². The Hall–Kier alpha value is -1.49. The molecule has 20 heavy (non-hydrogen) atoms. The third-order valence-electron chi connectivity index (χ3n) is 4.56. The molecule has 108 valence electrons. The Morgan fingerprint density at radius 1 is 1.15 bits per heavy atom. The first-order chi connectivity index (χ1) is 9.83. The second-order valence-electron chi connectivity index (χ2n) is 5.84. The highest BCUT2D eigenvalue weighted by Crippen LogP contribution is 2.35. The van der Waals surface area contributed by atoms with Crippen LogP contribution in [0, 0.1) is 23.2 Å². The number of nitrogens with zero attached hydrogens (tertiary/aromatic N) is 1. The van der Waals surface area contributed by atoms with Gasteiger partial charge in [0.2, 0.25) is 0 Å². The molecule has 1 saturated carbocycles. The van der Waals surface area contributed by atoms with Crippen molar-refractivity contribution < 1.29 is 4.74 Å². The predicted molar refractivity (Wildman–Crippen MR) is 81.6 cm³/mol. The van der Waals surface area contributed by atoms with E-state index in [4.69, 9.17) is 10.00 Å². The molecule has 2 atom stereocenters. The number of rotatable bonds is 6. The van der Waals surface area contributed by atoms with Gasteiger partial charge in [0.15, 0.2) is 0 Å². The molecule has 0 heterocycles. The molecule has 2 unspecified atom stereocenters. The van der Waals surface area contributed by atoms with Crippen LogP contribution in [0.3, 0.4) is 0 Å². The molecule has 1 aromatic carbocycles. The molecule has 0 aliphatic heterocycles. The summed E-state index contributed by atoms with van der Waals surface area (Å²) in [5, 5.41) is 8.74. The Balaban J connectivity index is 1.69. The van der Waals surface area contributed by atoms with Crippen molar-refractivity contribution in [3.8, 4) is 11.8 Å². The summed E-state index contributed by atoms with van der Waals surface area (Å²) in [6.45, 7) is 3.12. The molecular weight excluding hydrogens is 246 g/mol. The zero-order chi connectivity index (χ0) is 14.2. The predicted octanol–water partition coefficient (Wildman–Crippen LogP) is 4.93. The Labute approximate surface area is 122 Å². The van der Waals surface area contributed by atoms with Gasteiger partial charge in [0, 0.05) is 0 Å². The van der Waals surface area contributed by atoms with Gasteiger partial charge in [-0.25, -0.2) is 0 Å². The molecule has 2 nitrogen and oxygen atoms in total. The van der Waals surface area contributed by atoms with Crippen LogP contribution in [-0.2, 0) is 0 Å². The van der Waals surface area contributed by atoms with Crippen molar-refractivity contribution >= 4 is 0 Å². The normalized spacial score (nSPS) is 22.2. The standard InChI is InChI=1S/C18H25NO/c1-2-16-6-3-4-7-17(16)8-5-13-20-18-11-9-15(14-19)10-12-18/h9-12,16-17H,2-8,13H2,1H3. The van der Waals surface area contributed by atoms with E-state index in [1.165, 1.54) is 38.5 Å². The van der Waals surface area contributed by atoms with Crippen LogP contribution in [0.5, 0.6) is 5.75 Å². The van der Waals surface area contributed by atoms with Crippen LogP contribution in [0.4, 0.5) is 0 Å². The van der Waals surface area contributed by atoms with Crippen LogP contribution in [0.15, 0.2) is 24.3 Å². The number of ether oxygens (including phenoxy) is 1. The van der Waals surface area contributed by atoms with Crippen molar-refractivity contribution in [2.45, 2.75) is 51.9 Å². The van der Waals surface area contributed by atoms with E-state index in [0.717, 1.165) is 30.6 Å². The second-order valence-corrected chi connectivity index (χ2v) is 5.84. The van der Waals surface area contributed by atoms with Crippen molar-refractivity contribution in [3.05, 3.63) is 29.8 Å². The Kier molecular flexibility index (Phi) is 5.92. The van der Waals surface area contributed by atoms with Gasteiger partial charge in [0.1, 0.15) is 5.75 Å². The van der Waals surface area contributed by atoms with Crippen molar-refractivity contribution in [3.63, 3.8) is 0 Å². The van der Waals surface area contributed by atoms with Crippen molar-refractivity contribution in [2.24, 2.45) is 11.8 Å². The Morgan fingerprint density at radius 2 is 1.85 bits per heavy atom. The van der Waals surface area contributed by atoms with Crippen LogP contribution in [-0.4, -0.2) is 6.61 Å². The fourth-order valence-corrected chi connectivity index (χ4v) is 3.36.